The summed E-state index contributed by atoms with van der Waals surface area (Å²) < 4.78 is 34.7. The van der Waals surface area contributed by atoms with Crippen LogP contribution in [0.25, 0.3) is 0 Å². The lowest BCUT2D eigenvalue weighted by Gasteiger charge is -2.32. The first-order valence-electron chi connectivity index (χ1n) is 10.6. The van der Waals surface area contributed by atoms with Gasteiger partial charge in [-0.2, -0.15) is 4.31 Å². The second kappa shape index (κ2) is 8.91. The summed E-state index contributed by atoms with van der Waals surface area (Å²) in [5, 5.41) is 3.00. The van der Waals surface area contributed by atoms with Crippen molar-refractivity contribution in [3.63, 3.8) is 0 Å². The Balaban J connectivity index is 1.44. The zero-order valence-electron chi connectivity index (χ0n) is 17.3. The minimum absolute atomic E-state index is 0.0419. The minimum Gasteiger partial charge on any atom is -0.373 e. The van der Waals surface area contributed by atoms with E-state index >= 15 is 0 Å². The molecule has 2 aliphatic rings. The quantitative estimate of drug-likeness (QED) is 0.763. The minimum atomic E-state index is -3.54. The van der Waals surface area contributed by atoms with Crippen molar-refractivity contribution in [2.45, 2.75) is 36.7 Å². The van der Waals surface area contributed by atoms with E-state index in [1.54, 1.807) is 11.6 Å². The molecule has 2 saturated heterocycles. The van der Waals surface area contributed by atoms with Crippen LogP contribution in [0.15, 0.2) is 47.5 Å². The van der Waals surface area contributed by atoms with Crippen molar-refractivity contribution in [3.05, 3.63) is 53.9 Å². The molecule has 1 N–H and O–H groups in total. The Morgan fingerprint density at radius 1 is 1.17 bits per heavy atom. The van der Waals surface area contributed by atoms with Crippen LogP contribution in [0, 0.1) is 5.92 Å². The lowest BCUT2D eigenvalue weighted by molar-refractivity contribution is -0.0272. The Morgan fingerprint density at radius 3 is 2.63 bits per heavy atom. The van der Waals surface area contributed by atoms with Crippen molar-refractivity contribution >= 4 is 15.9 Å². The highest BCUT2D eigenvalue weighted by Gasteiger charge is 2.31. The predicted octanol–water partition coefficient (Wildman–Crippen LogP) is 2.71. The van der Waals surface area contributed by atoms with Gasteiger partial charge in [-0.05, 0) is 37.3 Å². The molecule has 2 fully saturated rings. The molecule has 0 bridgehead atoms. The molecular formula is C22H29N3O4S. The van der Waals surface area contributed by atoms with E-state index in [4.69, 9.17) is 4.74 Å². The standard InChI is InChI=1S/C22H29N3O4S/c1-24-16-19(30(27,28)25-11-5-6-12-25)14-20(24)22(26)23-15-18-10-7-13-29-21(18)17-8-3-2-4-9-17/h2-4,8-9,14,16,18,21H,5-7,10-13,15H2,1H3,(H,23,26). The highest BCUT2D eigenvalue weighted by molar-refractivity contribution is 7.89. The van der Waals surface area contributed by atoms with Crippen molar-refractivity contribution in [1.29, 1.82) is 0 Å². The smallest absolute Gasteiger partial charge is 0.267 e. The number of hydrogen-bond acceptors (Lipinski definition) is 4. The number of ether oxygens (including phenoxy) is 1. The number of benzene rings is 1. The Labute approximate surface area is 178 Å². The largest absolute Gasteiger partial charge is 0.373 e. The monoisotopic (exact) mass is 431 g/mol. The topological polar surface area (TPSA) is 80.6 Å². The summed E-state index contributed by atoms with van der Waals surface area (Å²) in [6.45, 7) is 2.29. The Kier molecular flexibility index (Phi) is 6.26. The maximum atomic E-state index is 12.8. The molecule has 1 aromatic carbocycles. The maximum absolute atomic E-state index is 12.8. The van der Waals surface area contributed by atoms with Gasteiger partial charge in [0.2, 0.25) is 10.0 Å². The molecule has 1 amide bonds. The number of aromatic nitrogens is 1. The predicted molar refractivity (Wildman–Crippen MR) is 114 cm³/mol. The van der Waals surface area contributed by atoms with Gasteiger partial charge in [0, 0.05) is 45.4 Å². The Hall–Kier alpha value is -2.16. The summed E-state index contributed by atoms with van der Waals surface area (Å²) in [5.74, 6) is -0.0871. The van der Waals surface area contributed by atoms with Gasteiger partial charge in [0.05, 0.1) is 6.10 Å². The molecule has 2 unspecified atom stereocenters. The molecule has 2 aliphatic heterocycles. The van der Waals surface area contributed by atoms with E-state index in [2.05, 4.69) is 17.4 Å². The van der Waals surface area contributed by atoms with Crippen LogP contribution in [0.1, 0.15) is 47.8 Å². The number of carbonyl (C=O) groups excluding carboxylic acids is 1. The van der Waals surface area contributed by atoms with Crippen LogP contribution in [-0.2, 0) is 21.8 Å². The molecule has 0 saturated carbocycles. The number of amides is 1. The number of nitrogens with one attached hydrogen (secondary N) is 1. The highest BCUT2D eigenvalue weighted by atomic mass is 32.2. The average molecular weight is 432 g/mol. The second-order valence-electron chi connectivity index (χ2n) is 8.10. The zero-order chi connectivity index (χ0) is 21.1. The fourth-order valence-electron chi connectivity index (χ4n) is 4.36. The number of hydrogen-bond donors (Lipinski definition) is 1. The van der Waals surface area contributed by atoms with E-state index in [1.165, 1.54) is 16.6 Å². The summed E-state index contributed by atoms with van der Waals surface area (Å²) in [5.41, 5.74) is 1.47. The maximum Gasteiger partial charge on any atom is 0.267 e. The van der Waals surface area contributed by atoms with E-state index in [1.807, 2.05) is 18.2 Å². The van der Waals surface area contributed by atoms with E-state index in [-0.39, 0.29) is 22.8 Å². The number of sulfonamides is 1. The van der Waals surface area contributed by atoms with Crippen LogP contribution >= 0.6 is 0 Å². The molecule has 2 aromatic rings. The van der Waals surface area contributed by atoms with Crippen molar-refractivity contribution in [3.8, 4) is 0 Å². The SMILES string of the molecule is Cn1cc(S(=O)(=O)N2CCCC2)cc1C(=O)NCC1CCCOC1c1ccccc1. The summed E-state index contributed by atoms with van der Waals surface area (Å²) in [7, 11) is -1.84. The molecule has 3 heterocycles. The first-order chi connectivity index (χ1) is 14.5. The molecule has 2 atom stereocenters. The van der Waals surface area contributed by atoms with Crippen LogP contribution in [0.2, 0.25) is 0 Å². The number of aryl methyl sites for hydroxylation is 1. The Bertz CT molecular complexity index is 981. The van der Waals surface area contributed by atoms with E-state index < -0.39 is 10.0 Å². The third-order valence-electron chi connectivity index (χ3n) is 6.01. The fourth-order valence-corrected chi connectivity index (χ4v) is 5.95. The van der Waals surface area contributed by atoms with Gasteiger partial charge in [0.15, 0.2) is 0 Å². The van der Waals surface area contributed by atoms with E-state index in [9.17, 15) is 13.2 Å². The summed E-state index contributed by atoms with van der Waals surface area (Å²) >= 11 is 0. The lowest BCUT2D eigenvalue weighted by atomic mass is 9.89. The fraction of sp³-hybridized carbons (Fsp3) is 0.500. The molecule has 162 valence electrons. The molecule has 4 rings (SSSR count). The van der Waals surface area contributed by atoms with Crippen LogP contribution in [0.4, 0.5) is 0 Å². The van der Waals surface area contributed by atoms with Crippen molar-refractivity contribution < 1.29 is 17.9 Å². The molecule has 30 heavy (non-hydrogen) atoms. The Morgan fingerprint density at radius 2 is 1.90 bits per heavy atom. The van der Waals surface area contributed by atoms with Gasteiger partial charge >= 0.3 is 0 Å². The average Bonchev–Trinajstić information content (AvgIpc) is 3.44. The summed E-state index contributed by atoms with van der Waals surface area (Å²) in [6, 6.07) is 11.6. The molecule has 0 spiro atoms. The van der Waals surface area contributed by atoms with Gasteiger partial charge in [0.1, 0.15) is 10.6 Å². The molecule has 8 heteroatoms. The molecular weight excluding hydrogens is 402 g/mol. The van der Waals surface area contributed by atoms with Crippen LogP contribution in [0.3, 0.4) is 0 Å². The molecule has 0 radical (unpaired) electrons. The second-order valence-corrected chi connectivity index (χ2v) is 10.0. The third-order valence-corrected chi connectivity index (χ3v) is 7.88. The van der Waals surface area contributed by atoms with E-state index in [0.717, 1.165) is 37.9 Å². The van der Waals surface area contributed by atoms with Gasteiger partial charge in [-0.3, -0.25) is 4.79 Å². The normalized spacial score (nSPS) is 22.8. The van der Waals surface area contributed by atoms with Crippen molar-refractivity contribution in [2.24, 2.45) is 13.0 Å². The number of carbonyl (C=O) groups is 1. The lowest BCUT2D eigenvalue weighted by Crippen LogP contribution is -2.35. The van der Waals surface area contributed by atoms with Gasteiger partial charge in [-0.25, -0.2) is 8.42 Å². The van der Waals surface area contributed by atoms with Crippen molar-refractivity contribution in [1.82, 2.24) is 14.2 Å². The first kappa shape index (κ1) is 21.1. The molecule has 7 nitrogen and oxygen atoms in total. The van der Waals surface area contributed by atoms with Crippen LogP contribution < -0.4 is 5.32 Å². The number of rotatable bonds is 6. The van der Waals surface area contributed by atoms with Crippen LogP contribution in [0.5, 0.6) is 0 Å². The van der Waals surface area contributed by atoms with Gasteiger partial charge in [-0.15, -0.1) is 0 Å². The van der Waals surface area contributed by atoms with Gasteiger partial charge in [0.25, 0.3) is 5.91 Å². The number of nitrogens with zero attached hydrogens (tertiary/aromatic N) is 2. The van der Waals surface area contributed by atoms with Gasteiger partial charge < -0.3 is 14.6 Å². The molecule has 0 aliphatic carbocycles. The first-order valence-corrected chi connectivity index (χ1v) is 12.0. The van der Waals surface area contributed by atoms with Crippen molar-refractivity contribution in [2.75, 3.05) is 26.2 Å². The summed E-state index contributed by atoms with van der Waals surface area (Å²) in [6.07, 6.45) is 5.18. The summed E-state index contributed by atoms with van der Waals surface area (Å²) in [4.78, 5) is 13.0. The van der Waals surface area contributed by atoms with E-state index in [0.29, 0.717) is 25.3 Å². The zero-order valence-corrected chi connectivity index (χ0v) is 18.1. The highest BCUT2D eigenvalue weighted by Crippen LogP contribution is 2.33. The third kappa shape index (κ3) is 4.31. The molecule has 1 aromatic heterocycles. The van der Waals surface area contributed by atoms with Crippen LogP contribution in [-0.4, -0.2) is 49.4 Å². The van der Waals surface area contributed by atoms with Gasteiger partial charge in [-0.1, -0.05) is 30.3 Å².